The largest absolute Gasteiger partial charge is 0.508 e. The first kappa shape index (κ1) is 15.4. The van der Waals surface area contributed by atoms with E-state index in [1.807, 2.05) is 74.5 Å². The molecule has 1 aliphatic heterocycles. The van der Waals surface area contributed by atoms with Crippen molar-refractivity contribution in [1.29, 1.82) is 0 Å². The monoisotopic (exact) mass is 308 g/mol. The third kappa shape index (κ3) is 4.02. The van der Waals surface area contributed by atoms with Crippen LogP contribution in [-0.4, -0.2) is 10.9 Å². The molecule has 1 aliphatic rings. The molecule has 0 radical (unpaired) electrons. The molecule has 0 saturated carbocycles. The highest BCUT2D eigenvalue weighted by atomic mass is 16.7. The SMILES string of the molecule is CC1(C)OC(/C=C/c2ccc(O)cc2)=C[C@@H](c2ccccc2)O1. The van der Waals surface area contributed by atoms with E-state index < -0.39 is 5.79 Å². The lowest BCUT2D eigenvalue weighted by molar-refractivity contribution is -0.221. The molecule has 3 rings (SSSR count). The lowest BCUT2D eigenvalue weighted by Crippen LogP contribution is -2.33. The van der Waals surface area contributed by atoms with Crippen molar-refractivity contribution in [3.63, 3.8) is 0 Å². The zero-order valence-electron chi connectivity index (χ0n) is 13.3. The summed E-state index contributed by atoms with van der Waals surface area (Å²) in [5.74, 6) is 0.335. The number of hydrogen-bond acceptors (Lipinski definition) is 3. The van der Waals surface area contributed by atoms with Gasteiger partial charge in [-0.05, 0) is 35.4 Å². The van der Waals surface area contributed by atoms with Gasteiger partial charge in [0.25, 0.3) is 0 Å². The number of phenolic OH excluding ortho intramolecular Hbond substituents is 1. The summed E-state index contributed by atoms with van der Waals surface area (Å²) in [7, 11) is 0. The highest BCUT2D eigenvalue weighted by molar-refractivity contribution is 5.53. The molecule has 0 unspecified atom stereocenters. The molecule has 1 atom stereocenters. The molecule has 3 nitrogen and oxygen atoms in total. The normalized spacial score (nSPS) is 20.1. The lowest BCUT2D eigenvalue weighted by atomic mass is 10.1. The number of phenols is 1. The lowest BCUT2D eigenvalue weighted by Gasteiger charge is -2.35. The van der Waals surface area contributed by atoms with Crippen LogP contribution < -0.4 is 0 Å². The number of allylic oxidation sites excluding steroid dienone is 1. The van der Waals surface area contributed by atoms with Crippen molar-refractivity contribution in [2.24, 2.45) is 0 Å². The summed E-state index contributed by atoms with van der Waals surface area (Å²) < 4.78 is 11.9. The fraction of sp³-hybridized carbons (Fsp3) is 0.200. The van der Waals surface area contributed by atoms with E-state index in [1.54, 1.807) is 12.1 Å². The van der Waals surface area contributed by atoms with Crippen molar-refractivity contribution in [3.8, 4) is 5.75 Å². The molecular formula is C20H20O3. The number of hydrogen-bond donors (Lipinski definition) is 1. The van der Waals surface area contributed by atoms with Crippen LogP contribution >= 0.6 is 0 Å². The number of aromatic hydroxyl groups is 1. The van der Waals surface area contributed by atoms with Crippen LogP contribution in [0.5, 0.6) is 5.75 Å². The third-order valence-corrected chi connectivity index (χ3v) is 3.55. The maximum Gasteiger partial charge on any atom is 0.205 e. The second kappa shape index (κ2) is 6.31. The summed E-state index contributed by atoms with van der Waals surface area (Å²) in [6.45, 7) is 3.81. The summed E-state index contributed by atoms with van der Waals surface area (Å²) in [6.07, 6.45) is 5.71. The second-order valence-corrected chi connectivity index (χ2v) is 5.94. The molecule has 0 fully saturated rings. The first-order chi connectivity index (χ1) is 11.0. The molecular weight excluding hydrogens is 288 g/mol. The van der Waals surface area contributed by atoms with Gasteiger partial charge in [-0.3, -0.25) is 0 Å². The van der Waals surface area contributed by atoms with Crippen molar-refractivity contribution in [3.05, 3.63) is 83.6 Å². The topological polar surface area (TPSA) is 38.7 Å². The van der Waals surface area contributed by atoms with Crippen LogP contribution in [0.3, 0.4) is 0 Å². The zero-order chi connectivity index (χ0) is 16.3. The highest BCUT2D eigenvalue weighted by Crippen LogP contribution is 2.34. The van der Waals surface area contributed by atoms with Crippen LogP contribution in [0, 0.1) is 0 Å². The molecule has 0 aromatic heterocycles. The van der Waals surface area contributed by atoms with Crippen LogP contribution in [-0.2, 0) is 9.47 Å². The minimum atomic E-state index is -0.691. The summed E-state index contributed by atoms with van der Waals surface area (Å²) in [4.78, 5) is 0. The smallest absolute Gasteiger partial charge is 0.205 e. The predicted octanol–water partition coefficient (Wildman–Crippen LogP) is 4.81. The molecule has 0 amide bonds. The van der Waals surface area contributed by atoms with E-state index in [1.165, 1.54) is 0 Å². The van der Waals surface area contributed by atoms with Gasteiger partial charge < -0.3 is 14.6 Å². The number of benzene rings is 2. The highest BCUT2D eigenvalue weighted by Gasteiger charge is 2.30. The minimum absolute atomic E-state index is 0.139. The van der Waals surface area contributed by atoms with Gasteiger partial charge in [0.05, 0.1) is 0 Å². The number of rotatable bonds is 3. The van der Waals surface area contributed by atoms with Gasteiger partial charge in [0.15, 0.2) is 0 Å². The Morgan fingerprint density at radius 1 is 0.957 bits per heavy atom. The Labute approximate surface area is 136 Å². The van der Waals surface area contributed by atoms with Gasteiger partial charge in [-0.1, -0.05) is 48.5 Å². The van der Waals surface area contributed by atoms with E-state index in [-0.39, 0.29) is 11.9 Å². The van der Waals surface area contributed by atoms with Gasteiger partial charge in [0, 0.05) is 13.8 Å². The van der Waals surface area contributed by atoms with E-state index in [2.05, 4.69) is 0 Å². The Bertz CT molecular complexity index is 712. The molecule has 118 valence electrons. The minimum Gasteiger partial charge on any atom is -0.508 e. The van der Waals surface area contributed by atoms with Gasteiger partial charge in [-0.15, -0.1) is 0 Å². The molecule has 2 aromatic rings. The van der Waals surface area contributed by atoms with Gasteiger partial charge in [-0.25, -0.2) is 0 Å². The Morgan fingerprint density at radius 3 is 2.35 bits per heavy atom. The van der Waals surface area contributed by atoms with Crippen molar-refractivity contribution in [1.82, 2.24) is 0 Å². The van der Waals surface area contributed by atoms with Crippen molar-refractivity contribution < 1.29 is 14.6 Å². The van der Waals surface area contributed by atoms with Crippen LogP contribution in [0.15, 0.2) is 72.5 Å². The van der Waals surface area contributed by atoms with Crippen molar-refractivity contribution >= 4 is 6.08 Å². The van der Waals surface area contributed by atoms with Crippen LogP contribution in [0.1, 0.15) is 31.1 Å². The van der Waals surface area contributed by atoms with Gasteiger partial charge in [0.1, 0.15) is 17.6 Å². The average molecular weight is 308 g/mol. The first-order valence-electron chi connectivity index (χ1n) is 7.63. The van der Waals surface area contributed by atoms with Crippen molar-refractivity contribution in [2.45, 2.75) is 25.7 Å². The third-order valence-electron chi connectivity index (χ3n) is 3.55. The molecule has 0 bridgehead atoms. The molecule has 0 spiro atoms. The fourth-order valence-electron chi connectivity index (χ4n) is 2.49. The standard InChI is InChI=1S/C20H20O3/c1-20(2)22-18(13-10-15-8-11-17(21)12-9-15)14-19(23-20)16-6-4-3-5-7-16/h3-14,19,21H,1-2H3/b13-10+/t19-/m0/s1. The second-order valence-electron chi connectivity index (χ2n) is 5.94. The molecule has 0 aliphatic carbocycles. The van der Waals surface area contributed by atoms with E-state index in [9.17, 15) is 5.11 Å². The molecule has 0 saturated heterocycles. The van der Waals surface area contributed by atoms with E-state index in [0.29, 0.717) is 0 Å². The van der Waals surface area contributed by atoms with Gasteiger partial charge in [-0.2, -0.15) is 0 Å². The first-order valence-corrected chi connectivity index (χ1v) is 7.63. The maximum atomic E-state index is 9.33. The van der Waals surface area contributed by atoms with Crippen molar-refractivity contribution in [2.75, 3.05) is 0 Å². The Morgan fingerprint density at radius 2 is 1.65 bits per heavy atom. The van der Waals surface area contributed by atoms with Crippen LogP contribution in [0.4, 0.5) is 0 Å². The van der Waals surface area contributed by atoms with E-state index in [0.717, 1.165) is 16.9 Å². The average Bonchev–Trinajstić information content (AvgIpc) is 2.54. The quantitative estimate of drug-likeness (QED) is 0.884. The Balaban J connectivity index is 1.84. The summed E-state index contributed by atoms with van der Waals surface area (Å²) >= 11 is 0. The summed E-state index contributed by atoms with van der Waals surface area (Å²) in [6, 6.07) is 17.1. The molecule has 1 heterocycles. The van der Waals surface area contributed by atoms with E-state index >= 15 is 0 Å². The van der Waals surface area contributed by atoms with Gasteiger partial charge >= 0.3 is 0 Å². The molecule has 2 aromatic carbocycles. The van der Waals surface area contributed by atoms with Gasteiger partial charge in [0.2, 0.25) is 5.79 Å². The van der Waals surface area contributed by atoms with Crippen LogP contribution in [0.2, 0.25) is 0 Å². The zero-order valence-corrected chi connectivity index (χ0v) is 13.3. The Hall–Kier alpha value is -2.52. The summed E-state index contributed by atoms with van der Waals surface area (Å²) in [5, 5.41) is 9.33. The summed E-state index contributed by atoms with van der Waals surface area (Å²) in [5.41, 5.74) is 2.09. The fourth-order valence-corrected chi connectivity index (χ4v) is 2.49. The predicted molar refractivity (Wildman–Crippen MR) is 90.7 cm³/mol. The molecule has 3 heteroatoms. The molecule has 1 N–H and O–H groups in total. The number of ether oxygens (including phenoxy) is 2. The molecule has 23 heavy (non-hydrogen) atoms. The maximum absolute atomic E-state index is 9.33. The Kier molecular flexibility index (Phi) is 4.22. The van der Waals surface area contributed by atoms with E-state index in [4.69, 9.17) is 9.47 Å². The van der Waals surface area contributed by atoms with Crippen LogP contribution in [0.25, 0.3) is 6.08 Å².